The number of nitrogens with zero attached hydrogens (tertiary/aromatic N) is 1. The van der Waals surface area contributed by atoms with Crippen molar-refractivity contribution >= 4 is 15.6 Å². The second-order valence-corrected chi connectivity index (χ2v) is 10.4. The van der Waals surface area contributed by atoms with Crippen LogP contribution < -0.4 is 4.74 Å². The summed E-state index contributed by atoms with van der Waals surface area (Å²) in [6, 6.07) is 18.3. The molecule has 0 aliphatic heterocycles. The van der Waals surface area contributed by atoms with Crippen LogP contribution in [0.3, 0.4) is 0 Å². The molecular formula is C27H22F3NO5S. The third-order valence-electron chi connectivity index (χ3n) is 5.70. The zero-order chi connectivity index (χ0) is 26.6. The lowest BCUT2D eigenvalue weighted by atomic mass is 9.91. The summed E-state index contributed by atoms with van der Waals surface area (Å²) in [7, 11) is -4.02. The van der Waals surface area contributed by atoms with Gasteiger partial charge in [-0.2, -0.15) is 13.2 Å². The number of alkyl halides is 3. The van der Waals surface area contributed by atoms with Crippen LogP contribution in [0.1, 0.15) is 41.6 Å². The first kappa shape index (κ1) is 26.2. The number of Topliss-reactive ketones (excluding diaryl/α,β-unsaturated/α-hetero) is 1. The second kappa shape index (κ2) is 10.6. The average molecular weight is 530 g/mol. The highest BCUT2D eigenvalue weighted by Crippen LogP contribution is 2.31. The summed E-state index contributed by atoms with van der Waals surface area (Å²) in [5.74, 6) is 0.290. The van der Waals surface area contributed by atoms with E-state index in [0.717, 1.165) is 29.8 Å². The van der Waals surface area contributed by atoms with Gasteiger partial charge in [0.05, 0.1) is 21.0 Å². The Morgan fingerprint density at radius 3 is 2.27 bits per heavy atom. The number of carbonyl (C=O) groups is 1. The van der Waals surface area contributed by atoms with Crippen LogP contribution in [-0.2, 0) is 27.4 Å². The van der Waals surface area contributed by atoms with Gasteiger partial charge in [-0.1, -0.05) is 29.4 Å². The molecule has 0 unspecified atom stereocenters. The summed E-state index contributed by atoms with van der Waals surface area (Å²) in [6.45, 7) is 1.58. The van der Waals surface area contributed by atoms with E-state index >= 15 is 0 Å². The van der Waals surface area contributed by atoms with E-state index in [1.54, 1.807) is 30.3 Å². The lowest BCUT2D eigenvalue weighted by Gasteiger charge is -2.14. The molecule has 37 heavy (non-hydrogen) atoms. The Morgan fingerprint density at radius 2 is 1.68 bits per heavy atom. The van der Waals surface area contributed by atoms with Crippen molar-refractivity contribution in [2.45, 2.75) is 41.8 Å². The van der Waals surface area contributed by atoms with Crippen LogP contribution in [-0.4, -0.2) is 19.4 Å². The smallest absolute Gasteiger partial charge is 0.416 e. The molecule has 0 fully saturated rings. The first-order valence-corrected chi connectivity index (χ1v) is 12.7. The van der Waals surface area contributed by atoms with Gasteiger partial charge in [0.1, 0.15) is 24.4 Å². The highest BCUT2D eigenvalue weighted by molar-refractivity contribution is 7.91. The molecule has 4 rings (SSSR count). The predicted octanol–water partition coefficient (Wildman–Crippen LogP) is 6.22. The van der Waals surface area contributed by atoms with Crippen LogP contribution in [0, 0.1) is 0 Å². The van der Waals surface area contributed by atoms with Crippen molar-refractivity contribution in [1.82, 2.24) is 5.16 Å². The van der Waals surface area contributed by atoms with Crippen molar-refractivity contribution in [2.75, 3.05) is 0 Å². The molecule has 0 spiro atoms. The van der Waals surface area contributed by atoms with Crippen molar-refractivity contribution in [3.05, 3.63) is 108 Å². The highest BCUT2D eigenvalue weighted by Gasteiger charge is 2.31. The molecule has 6 nitrogen and oxygen atoms in total. The van der Waals surface area contributed by atoms with E-state index in [1.807, 2.05) is 12.1 Å². The molecular weight excluding hydrogens is 507 g/mol. The number of carbonyl (C=O) groups excluding carboxylic acids is 1. The molecule has 3 aromatic carbocycles. The largest absolute Gasteiger partial charge is 0.489 e. The van der Waals surface area contributed by atoms with Gasteiger partial charge in [-0.15, -0.1) is 0 Å². The fourth-order valence-electron chi connectivity index (χ4n) is 3.81. The zero-order valence-corrected chi connectivity index (χ0v) is 20.4. The van der Waals surface area contributed by atoms with E-state index in [1.165, 1.54) is 25.3 Å². The van der Waals surface area contributed by atoms with E-state index in [9.17, 15) is 26.4 Å². The topological polar surface area (TPSA) is 86.5 Å². The Kier molecular flexibility index (Phi) is 7.49. The molecule has 0 amide bonds. The van der Waals surface area contributed by atoms with Crippen LogP contribution in [0.4, 0.5) is 13.2 Å². The van der Waals surface area contributed by atoms with Crippen molar-refractivity contribution in [1.29, 1.82) is 0 Å². The third kappa shape index (κ3) is 6.26. The summed E-state index contributed by atoms with van der Waals surface area (Å²) in [5.41, 5.74) is 1.15. The SMILES string of the molecule is CC(=O)C[C@@H](c1ccc(OCc2cccc(S(=O)(=O)c3ccc(C(F)(F)F)cc3)c2)cc1)c1ccon1. The van der Waals surface area contributed by atoms with E-state index in [0.29, 0.717) is 17.0 Å². The lowest BCUT2D eigenvalue weighted by molar-refractivity contribution is -0.137. The van der Waals surface area contributed by atoms with E-state index < -0.39 is 21.6 Å². The minimum atomic E-state index is -4.55. The molecule has 1 atom stereocenters. The van der Waals surface area contributed by atoms with E-state index in [-0.39, 0.29) is 34.5 Å². The van der Waals surface area contributed by atoms with Gasteiger partial charge in [0, 0.05) is 18.4 Å². The maximum Gasteiger partial charge on any atom is 0.416 e. The lowest BCUT2D eigenvalue weighted by Crippen LogP contribution is -2.07. The Hall–Kier alpha value is -3.92. The van der Waals surface area contributed by atoms with Crippen LogP contribution in [0.25, 0.3) is 0 Å². The molecule has 1 heterocycles. The molecule has 4 aromatic rings. The fraction of sp³-hybridized carbons (Fsp3) is 0.185. The number of hydrogen-bond acceptors (Lipinski definition) is 6. The third-order valence-corrected chi connectivity index (χ3v) is 7.46. The summed E-state index contributed by atoms with van der Waals surface area (Å²) in [5, 5.41) is 3.95. The second-order valence-electron chi connectivity index (χ2n) is 8.41. The maximum atomic E-state index is 12.9. The molecule has 0 N–H and O–H groups in total. The van der Waals surface area contributed by atoms with Gasteiger partial charge in [-0.25, -0.2) is 8.42 Å². The molecule has 0 aliphatic rings. The highest BCUT2D eigenvalue weighted by atomic mass is 32.2. The van der Waals surface area contributed by atoms with Crippen LogP contribution >= 0.6 is 0 Å². The molecule has 0 bridgehead atoms. The number of aromatic nitrogens is 1. The first-order chi connectivity index (χ1) is 17.5. The monoisotopic (exact) mass is 529 g/mol. The number of ether oxygens (including phenoxy) is 1. The molecule has 192 valence electrons. The quantitative estimate of drug-likeness (QED) is 0.256. The van der Waals surface area contributed by atoms with Gasteiger partial charge in [0.2, 0.25) is 9.84 Å². The Bertz CT molecular complexity index is 1460. The fourth-order valence-corrected chi connectivity index (χ4v) is 5.14. The molecule has 10 heteroatoms. The number of sulfone groups is 1. The van der Waals surface area contributed by atoms with Gasteiger partial charge >= 0.3 is 6.18 Å². The van der Waals surface area contributed by atoms with Gasteiger partial charge in [0.15, 0.2) is 0 Å². The Morgan fingerprint density at radius 1 is 0.973 bits per heavy atom. The number of benzene rings is 3. The normalized spacial score (nSPS) is 12.8. The van der Waals surface area contributed by atoms with Crippen LogP contribution in [0.2, 0.25) is 0 Å². The van der Waals surface area contributed by atoms with Gasteiger partial charge in [-0.05, 0) is 66.6 Å². The van der Waals surface area contributed by atoms with Gasteiger partial charge < -0.3 is 9.26 Å². The number of halogens is 3. The summed E-state index contributed by atoms with van der Waals surface area (Å²) < 4.78 is 75.0. The Balaban J connectivity index is 1.46. The number of hydrogen-bond donors (Lipinski definition) is 0. The molecule has 1 aromatic heterocycles. The molecule has 0 radical (unpaired) electrons. The summed E-state index contributed by atoms with van der Waals surface area (Å²) in [4.78, 5) is 11.4. The van der Waals surface area contributed by atoms with Gasteiger partial charge in [0.25, 0.3) is 0 Å². The van der Waals surface area contributed by atoms with Gasteiger partial charge in [-0.3, -0.25) is 4.79 Å². The zero-order valence-electron chi connectivity index (χ0n) is 19.6. The maximum absolute atomic E-state index is 12.9. The molecule has 0 saturated heterocycles. The number of ketones is 1. The molecule has 0 saturated carbocycles. The minimum absolute atomic E-state index is 0.0134. The first-order valence-electron chi connectivity index (χ1n) is 11.2. The summed E-state index contributed by atoms with van der Waals surface area (Å²) in [6.07, 6.45) is -2.83. The van der Waals surface area contributed by atoms with Crippen molar-refractivity contribution in [2.24, 2.45) is 0 Å². The Labute approximate surface area is 211 Å². The average Bonchev–Trinajstić information content (AvgIpc) is 3.41. The van der Waals surface area contributed by atoms with Crippen molar-refractivity contribution in [3.8, 4) is 5.75 Å². The predicted molar refractivity (Wildman–Crippen MR) is 128 cm³/mol. The van der Waals surface area contributed by atoms with Crippen LogP contribution in [0.15, 0.2) is 99.4 Å². The molecule has 0 aliphatic carbocycles. The van der Waals surface area contributed by atoms with E-state index in [4.69, 9.17) is 9.26 Å². The van der Waals surface area contributed by atoms with Crippen LogP contribution in [0.5, 0.6) is 5.75 Å². The summed E-state index contributed by atoms with van der Waals surface area (Å²) >= 11 is 0. The van der Waals surface area contributed by atoms with Crippen molar-refractivity contribution < 1.29 is 35.6 Å². The number of rotatable bonds is 9. The standard InChI is InChI=1S/C27H22F3NO5S/c1-18(32)15-25(26-13-14-36-31-26)20-5-9-22(10-6-20)35-17-19-3-2-4-24(16-19)37(33,34)23-11-7-21(8-12-23)27(28,29)30/h2-14,16,25H,15,17H2,1H3/t25-/m0/s1. The van der Waals surface area contributed by atoms with E-state index in [2.05, 4.69) is 5.16 Å². The minimum Gasteiger partial charge on any atom is -0.489 e. The van der Waals surface area contributed by atoms with Crippen molar-refractivity contribution in [3.63, 3.8) is 0 Å².